The van der Waals surface area contributed by atoms with Crippen molar-refractivity contribution in [1.29, 1.82) is 0 Å². The van der Waals surface area contributed by atoms with Gasteiger partial charge in [-0.05, 0) is 44.1 Å². The number of hydrogen-bond donors (Lipinski definition) is 1. The summed E-state index contributed by atoms with van der Waals surface area (Å²) >= 11 is 0. The third-order valence-corrected chi connectivity index (χ3v) is 4.38. The Kier molecular flexibility index (Phi) is 5.20. The van der Waals surface area contributed by atoms with Gasteiger partial charge in [-0.15, -0.1) is 0 Å². The lowest BCUT2D eigenvalue weighted by Crippen LogP contribution is -2.34. The van der Waals surface area contributed by atoms with Crippen molar-refractivity contribution in [2.75, 3.05) is 19.8 Å². The Morgan fingerprint density at radius 3 is 2.89 bits per heavy atom. The van der Waals surface area contributed by atoms with Crippen LogP contribution in [0.3, 0.4) is 0 Å². The highest BCUT2D eigenvalue weighted by Gasteiger charge is 2.40. The van der Waals surface area contributed by atoms with E-state index in [0.29, 0.717) is 5.92 Å². The first kappa shape index (κ1) is 14.8. The Hall–Kier alpha value is -0.640. The minimum atomic E-state index is -0.396. The molecule has 1 heterocycles. The molecule has 108 valence electrons. The highest BCUT2D eigenvalue weighted by Crippen LogP contribution is 2.39. The molecule has 1 saturated heterocycles. The molecule has 1 spiro atoms. The van der Waals surface area contributed by atoms with Gasteiger partial charge >= 0.3 is 0 Å². The van der Waals surface area contributed by atoms with Crippen molar-refractivity contribution in [2.45, 2.75) is 51.7 Å². The summed E-state index contributed by atoms with van der Waals surface area (Å²) in [5, 5.41) is 8.94. The van der Waals surface area contributed by atoms with Gasteiger partial charge < -0.3 is 14.6 Å². The number of hydrogen-bond acceptors (Lipinski definition) is 3. The molecule has 0 aromatic rings. The molecule has 0 radical (unpaired) electrons. The van der Waals surface area contributed by atoms with Crippen LogP contribution in [0.2, 0.25) is 0 Å². The molecular weight excluding hydrogens is 240 g/mol. The Morgan fingerprint density at radius 2 is 2.21 bits per heavy atom. The first-order valence-corrected chi connectivity index (χ1v) is 7.43. The van der Waals surface area contributed by atoms with Crippen molar-refractivity contribution in [3.05, 3.63) is 23.3 Å². The summed E-state index contributed by atoms with van der Waals surface area (Å²) in [6.45, 7) is 5.88. The van der Waals surface area contributed by atoms with Crippen LogP contribution in [0.25, 0.3) is 0 Å². The number of rotatable bonds is 5. The molecule has 2 aliphatic rings. The molecule has 1 aliphatic heterocycles. The average Bonchev–Trinajstić information content (AvgIpc) is 2.87. The summed E-state index contributed by atoms with van der Waals surface area (Å²) in [6, 6.07) is 0. The largest absolute Gasteiger partial charge is 0.392 e. The van der Waals surface area contributed by atoms with Gasteiger partial charge in [-0.1, -0.05) is 24.6 Å². The maximum absolute atomic E-state index is 8.94. The van der Waals surface area contributed by atoms with E-state index in [1.54, 1.807) is 0 Å². The van der Waals surface area contributed by atoms with Crippen molar-refractivity contribution < 1.29 is 14.6 Å². The molecule has 1 unspecified atom stereocenters. The van der Waals surface area contributed by atoms with Crippen LogP contribution in [0, 0.1) is 5.92 Å². The summed E-state index contributed by atoms with van der Waals surface area (Å²) in [5.74, 6) is 0.0977. The SMILES string of the molecule is C/C(=C\CO)C(C)CCC1=CCCCC12OCCO2. The summed E-state index contributed by atoms with van der Waals surface area (Å²) < 4.78 is 11.8. The molecule has 1 aliphatic carbocycles. The monoisotopic (exact) mass is 266 g/mol. The van der Waals surface area contributed by atoms with E-state index in [9.17, 15) is 0 Å². The minimum Gasteiger partial charge on any atom is -0.392 e. The Bertz CT molecular complexity index is 351. The molecule has 3 nitrogen and oxygen atoms in total. The van der Waals surface area contributed by atoms with E-state index in [1.807, 2.05) is 6.08 Å². The van der Waals surface area contributed by atoms with E-state index in [4.69, 9.17) is 14.6 Å². The summed E-state index contributed by atoms with van der Waals surface area (Å²) in [5.41, 5.74) is 2.60. The van der Waals surface area contributed by atoms with E-state index in [-0.39, 0.29) is 6.61 Å². The van der Waals surface area contributed by atoms with Crippen molar-refractivity contribution >= 4 is 0 Å². The summed E-state index contributed by atoms with van der Waals surface area (Å²) in [4.78, 5) is 0. The molecule has 1 fully saturated rings. The number of allylic oxidation sites excluding steroid dienone is 2. The van der Waals surface area contributed by atoms with Crippen LogP contribution in [-0.2, 0) is 9.47 Å². The maximum Gasteiger partial charge on any atom is 0.190 e. The van der Waals surface area contributed by atoms with Gasteiger partial charge in [0.2, 0.25) is 0 Å². The van der Waals surface area contributed by atoms with Gasteiger partial charge in [0.25, 0.3) is 0 Å². The van der Waals surface area contributed by atoms with Gasteiger partial charge in [0.1, 0.15) is 0 Å². The second kappa shape index (κ2) is 6.69. The first-order valence-electron chi connectivity index (χ1n) is 7.43. The molecule has 0 amide bonds. The fourth-order valence-corrected chi connectivity index (χ4v) is 2.95. The van der Waals surface area contributed by atoms with E-state index >= 15 is 0 Å². The quantitative estimate of drug-likeness (QED) is 0.777. The van der Waals surface area contributed by atoms with Crippen LogP contribution in [-0.4, -0.2) is 30.7 Å². The van der Waals surface area contributed by atoms with E-state index < -0.39 is 5.79 Å². The Morgan fingerprint density at radius 1 is 1.47 bits per heavy atom. The van der Waals surface area contributed by atoms with E-state index in [2.05, 4.69) is 19.9 Å². The standard InChI is InChI=1S/C16H26O3/c1-13(14(2)8-10-17)6-7-15-5-3-4-9-16(15)18-11-12-19-16/h5,8,13,17H,3-4,6-7,9-12H2,1-2H3/b14-8+. The second-order valence-electron chi connectivity index (χ2n) is 5.64. The predicted molar refractivity (Wildman–Crippen MR) is 75.8 cm³/mol. The van der Waals surface area contributed by atoms with Crippen molar-refractivity contribution in [3.8, 4) is 0 Å². The third-order valence-electron chi connectivity index (χ3n) is 4.38. The zero-order valence-electron chi connectivity index (χ0n) is 12.2. The van der Waals surface area contributed by atoms with Crippen molar-refractivity contribution in [3.63, 3.8) is 0 Å². The molecule has 3 heteroatoms. The van der Waals surface area contributed by atoms with Gasteiger partial charge in [0, 0.05) is 6.42 Å². The van der Waals surface area contributed by atoms with Gasteiger partial charge in [0.05, 0.1) is 19.8 Å². The van der Waals surface area contributed by atoms with Crippen LogP contribution < -0.4 is 0 Å². The predicted octanol–water partition coefficient (Wildman–Crippen LogP) is 3.19. The summed E-state index contributed by atoms with van der Waals surface area (Å²) in [6.07, 6.45) is 9.62. The first-order chi connectivity index (χ1) is 9.18. The second-order valence-corrected chi connectivity index (χ2v) is 5.64. The van der Waals surface area contributed by atoms with Crippen LogP contribution in [0.4, 0.5) is 0 Å². The highest BCUT2D eigenvalue weighted by atomic mass is 16.7. The highest BCUT2D eigenvalue weighted by molar-refractivity contribution is 5.18. The number of ether oxygens (including phenoxy) is 2. The normalized spacial score (nSPS) is 24.6. The minimum absolute atomic E-state index is 0.134. The van der Waals surface area contributed by atoms with Gasteiger partial charge in [-0.25, -0.2) is 0 Å². The zero-order valence-corrected chi connectivity index (χ0v) is 12.2. The van der Waals surface area contributed by atoms with E-state index in [0.717, 1.165) is 45.3 Å². The third kappa shape index (κ3) is 3.47. The topological polar surface area (TPSA) is 38.7 Å². The van der Waals surface area contributed by atoms with Crippen LogP contribution in [0.5, 0.6) is 0 Å². The number of aliphatic hydroxyl groups excluding tert-OH is 1. The molecular formula is C16H26O3. The average molecular weight is 266 g/mol. The maximum atomic E-state index is 8.94. The molecule has 1 N–H and O–H groups in total. The molecule has 19 heavy (non-hydrogen) atoms. The molecule has 1 atom stereocenters. The zero-order chi connectivity index (χ0) is 13.7. The molecule has 0 saturated carbocycles. The van der Waals surface area contributed by atoms with Crippen LogP contribution in [0.1, 0.15) is 46.0 Å². The van der Waals surface area contributed by atoms with Crippen molar-refractivity contribution in [1.82, 2.24) is 0 Å². The smallest absolute Gasteiger partial charge is 0.190 e. The fourth-order valence-electron chi connectivity index (χ4n) is 2.95. The molecule has 0 aromatic carbocycles. The lowest BCUT2D eigenvalue weighted by molar-refractivity contribution is -0.136. The lowest BCUT2D eigenvalue weighted by atomic mass is 9.86. The molecule has 0 bridgehead atoms. The summed E-state index contributed by atoms with van der Waals surface area (Å²) in [7, 11) is 0. The molecule has 2 rings (SSSR count). The lowest BCUT2D eigenvalue weighted by Gasteiger charge is -2.34. The van der Waals surface area contributed by atoms with Crippen LogP contribution in [0.15, 0.2) is 23.3 Å². The molecule has 0 aromatic heterocycles. The van der Waals surface area contributed by atoms with Gasteiger partial charge in [0.15, 0.2) is 5.79 Å². The number of aliphatic hydroxyl groups is 1. The van der Waals surface area contributed by atoms with Crippen LogP contribution >= 0.6 is 0 Å². The Labute approximate surface area is 116 Å². The van der Waals surface area contributed by atoms with E-state index in [1.165, 1.54) is 11.1 Å². The van der Waals surface area contributed by atoms with Crippen molar-refractivity contribution in [2.24, 2.45) is 5.92 Å². The van der Waals surface area contributed by atoms with Gasteiger partial charge in [-0.3, -0.25) is 0 Å². The fraction of sp³-hybridized carbons (Fsp3) is 0.750. The van der Waals surface area contributed by atoms with Gasteiger partial charge in [-0.2, -0.15) is 0 Å². The Balaban J connectivity index is 1.94.